The van der Waals surface area contributed by atoms with Crippen LogP contribution in [0.4, 0.5) is 0 Å². The Balaban J connectivity index is 1.64. The van der Waals surface area contributed by atoms with Crippen molar-refractivity contribution in [3.63, 3.8) is 0 Å². The molecule has 2 aromatic carbocycles. The molecule has 0 saturated heterocycles. The number of hydrogen-bond acceptors (Lipinski definition) is 2. The Hall–Kier alpha value is -2.29. The molecule has 126 valence electrons. The molecule has 3 rings (SSSR count). The number of fused-ring (bicyclic) bond motifs is 1. The van der Waals surface area contributed by atoms with Crippen LogP contribution in [-0.4, -0.2) is 12.0 Å². The van der Waals surface area contributed by atoms with Crippen molar-refractivity contribution in [1.82, 2.24) is 5.32 Å². The van der Waals surface area contributed by atoms with Crippen molar-refractivity contribution in [2.45, 2.75) is 51.7 Å². The van der Waals surface area contributed by atoms with Crippen LogP contribution in [0.25, 0.3) is 0 Å². The molecule has 0 radical (unpaired) electrons. The largest absolute Gasteiger partial charge is 0.481 e. The maximum atomic E-state index is 12.6. The van der Waals surface area contributed by atoms with Gasteiger partial charge in [0.1, 0.15) is 5.75 Å². The molecule has 1 N–H and O–H groups in total. The number of ether oxygens (including phenoxy) is 1. The van der Waals surface area contributed by atoms with E-state index in [1.165, 1.54) is 29.5 Å². The van der Waals surface area contributed by atoms with Gasteiger partial charge < -0.3 is 10.1 Å². The number of aryl methyl sites for hydroxylation is 2. The topological polar surface area (TPSA) is 38.3 Å². The zero-order valence-corrected chi connectivity index (χ0v) is 14.4. The Morgan fingerprint density at radius 1 is 1.12 bits per heavy atom. The molecule has 0 unspecified atom stereocenters. The number of carbonyl (C=O) groups excluding carboxylic acids is 1. The Labute approximate surface area is 144 Å². The monoisotopic (exact) mass is 323 g/mol. The van der Waals surface area contributed by atoms with E-state index >= 15 is 0 Å². The first-order chi connectivity index (χ1) is 11.7. The van der Waals surface area contributed by atoms with Crippen LogP contribution >= 0.6 is 0 Å². The number of hydrogen-bond donors (Lipinski definition) is 1. The lowest BCUT2D eigenvalue weighted by molar-refractivity contribution is -0.128. The van der Waals surface area contributed by atoms with Gasteiger partial charge in [-0.05, 0) is 61.4 Å². The zero-order valence-electron chi connectivity index (χ0n) is 14.4. The highest BCUT2D eigenvalue weighted by atomic mass is 16.5. The molecule has 0 aliphatic heterocycles. The molecule has 2 atom stereocenters. The van der Waals surface area contributed by atoms with E-state index in [1.807, 2.05) is 44.2 Å². The highest BCUT2D eigenvalue weighted by Gasteiger charge is 2.21. The van der Waals surface area contributed by atoms with Gasteiger partial charge in [-0.15, -0.1) is 0 Å². The van der Waals surface area contributed by atoms with Gasteiger partial charge in [0, 0.05) is 0 Å². The maximum Gasteiger partial charge on any atom is 0.261 e. The second kappa shape index (κ2) is 7.52. The number of para-hydroxylation sites is 1. The zero-order chi connectivity index (χ0) is 16.9. The molecule has 1 aliphatic carbocycles. The third kappa shape index (κ3) is 3.78. The van der Waals surface area contributed by atoms with Crippen LogP contribution in [0.1, 0.15) is 49.4 Å². The van der Waals surface area contributed by atoms with Crippen LogP contribution < -0.4 is 10.1 Å². The summed E-state index contributed by atoms with van der Waals surface area (Å²) in [5.41, 5.74) is 4.05. The lowest BCUT2D eigenvalue weighted by atomic mass is 10.0. The minimum atomic E-state index is -0.468. The first-order valence-corrected chi connectivity index (χ1v) is 8.81. The summed E-state index contributed by atoms with van der Waals surface area (Å²) in [6.07, 6.45) is 3.74. The van der Waals surface area contributed by atoms with Gasteiger partial charge >= 0.3 is 0 Å². The van der Waals surface area contributed by atoms with Crippen molar-refractivity contribution in [2.24, 2.45) is 0 Å². The number of amides is 1. The van der Waals surface area contributed by atoms with E-state index in [-0.39, 0.29) is 11.9 Å². The van der Waals surface area contributed by atoms with E-state index in [0.717, 1.165) is 12.2 Å². The van der Waals surface area contributed by atoms with E-state index in [9.17, 15) is 4.79 Å². The number of carbonyl (C=O) groups is 1. The van der Waals surface area contributed by atoms with E-state index in [0.29, 0.717) is 6.42 Å². The fourth-order valence-electron chi connectivity index (χ4n) is 3.24. The molecule has 24 heavy (non-hydrogen) atoms. The van der Waals surface area contributed by atoms with Gasteiger partial charge in [-0.2, -0.15) is 0 Å². The second-order valence-electron chi connectivity index (χ2n) is 6.44. The molecule has 3 nitrogen and oxygen atoms in total. The first kappa shape index (κ1) is 16.6. The van der Waals surface area contributed by atoms with Gasteiger partial charge in [-0.3, -0.25) is 4.79 Å². The summed E-state index contributed by atoms with van der Waals surface area (Å²) < 4.78 is 5.82. The fraction of sp³-hybridized carbons (Fsp3) is 0.381. The van der Waals surface area contributed by atoms with Crippen LogP contribution in [-0.2, 0) is 17.6 Å². The molecule has 1 amide bonds. The Morgan fingerprint density at radius 2 is 1.88 bits per heavy atom. The number of rotatable bonds is 6. The van der Waals surface area contributed by atoms with Gasteiger partial charge in [0.25, 0.3) is 5.91 Å². The highest BCUT2D eigenvalue weighted by molar-refractivity contribution is 5.81. The summed E-state index contributed by atoms with van der Waals surface area (Å²) in [4.78, 5) is 12.6. The minimum absolute atomic E-state index is 0.0168. The molecule has 0 fully saturated rings. The smallest absolute Gasteiger partial charge is 0.261 e. The second-order valence-corrected chi connectivity index (χ2v) is 6.44. The molecule has 0 heterocycles. The summed E-state index contributed by atoms with van der Waals surface area (Å²) in [5.74, 6) is 0.666. The highest BCUT2D eigenvalue weighted by Crippen LogP contribution is 2.25. The third-order valence-electron chi connectivity index (χ3n) is 4.67. The van der Waals surface area contributed by atoms with Crippen LogP contribution in [0.5, 0.6) is 5.75 Å². The van der Waals surface area contributed by atoms with Gasteiger partial charge in [-0.1, -0.05) is 43.3 Å². The van der Waals surface area contributed by atoms with Crippen LogP contribution in [0, 0.1) is 0 Å². The Bertz CT molecular complexity index is 696. The van der Waals surface area contributed by atoms with E-state index < -0.39 is 6.10 Å². The lowest BCUT2D eigenvalue weighted by Crippen LogP contribution is -2.39. The molecule has 3 heteroatoms. The van der Waals surface area contributed by atoms with Gasteiger partial charge in [0.05, 0.1) is 6.04 Å². The number of nitrogens with one attached hydrogen (secondary N) is 1. The molecule has 0 saturated carbocycles. The molecule has 2 aromatic rings. The van der Waals surface area contributed by atoms with Crippen molar-refractivity contribution in [1.29, 1.82) is 0 Å². The predicted octanol–water partition coefficient (Wildman–Crippen LogP) is 4.21. The minimum Gasteiger partial charge on any atom is -0.481 e. The van der Waals surface area contributed by atoms with Gasteiger partial charge in [0.15, 0.2) is 6.10 Å². The standard InChI is InChI=1S/C21H25NO2/c1-3-20(24-19-10-5-4-6-11-19)21(23)22-15(2)17-13-12-16-8-7-9-18(16)14-17/h4-6,10-15,20H,3,7-9H2,1-2H3,(H,22,23)/t15-,20+/m1/s1. The van der Waals surface area contributed by atoms with Crippen molar-refractivity contribution in [3.8, 4) is 5.75 Å². The van der Waals surface area contributed by atoms with E-state index in [4.69, 9.17) is 4.74 Å². The lowest BCUT2D eigenvalue weighted by Gasteiger charge is -2.21. The number of benzene rings is 2. The van der Waals surface area contributed by atoms with Gasteiger partial charge in [0.2, 0.25) is 0 Å². The average Bonchev–Trinajstić information content (AvgIpc) is 3.08. The quantitative estimate of drug-likeness (QED) is 0.865. The first-order valence-electron chi connectivity index (χ1n) is 8.81. The van der Waals surface area contributed by atoms with Crippen LogP contribution in [0.2, 0.25) is 0 Å². The maximum absolute atomic E-state index is 12.6. The molecule has 1 aliphatic rings. The molecule has 0 bridgehead atoms. The Morgan fingerprint density at radius 3 is 2.62 bits per heavy atom. The average molecular weight is 323 g/mol. The molecular weight excluding hydrogens is 298 g/mol. The summed E-state index contributed by atoms with van der Waals surface area (Å²) in [6, 6.07) is 16.1. The van der Waals surface area contributed by atoms with Gasteiger partial charge in [-0.25, -0.2) is 0 Å². The fourth-order valence-corrected chi connectivity index (χ4v) is 3.24. The van der Waals surface area contributed by atoms with E-state index in [1.54, 1.807) is 0 Å². The molecule has 0 spiro atoms. The summed E-state index contributed by atoms with van der Waals surface area (Å²) in [6.45, 7) is 4.00. The predicted molar refractivity (Wildman–Crippen MR) is 96.2 cm³/mol. The normalized spacial score (nSPS) is 15.4. The van der Waals surface area contributed by atoms with Crippen molar-refractivity contribution >= 4 is 5.91 Å². The summed E-state index contributed by atoms with van der Waals surface area (Å²) in [7, 11) is 0. The third-order valence-corrected chi connectivity index (χ3v) is 4.67. The van der Waals surface area contributed by atoms with Crippen LogP contribution in [0.3, 0.4) is 0 Å². The Kier molecular flexibility index (Phi) is 5.19. The SMILES string of the molecule is CC[C@H](Oc1ccccc1)C(=O)N[C@H](C)c1ccc2c(c1)CCC2. The van der Waals surface area contributed by atoms with Crippen molar-refractivity contribution in [3.05, 3.63) is 65.2 Å². The van der Waals surface area contributed by atoms with Crippen molar-refractivity contribution in [2.75, 3.05) is 0 Å². The summed E-state index contributed by atoms with van der Waals surface area (Å²) >= 11 is 0. The van der Waals surface area contributed by atoms with Crippen LogP contribution in [0.15, 0.2) is 48.5 Å². The van der Waals surface area contributed by atoms with E-state index in [2.05, 4.69) is 23.5 Å². The molecule has 0 aromatic heterocycles. The summed E-state index contributed by atoms with van der Waals surface area (Å²) in [5, 5.41) is 3.09. The molecular formula is C21H25NO2. The van der Waals surface area contributed by atoms with Crippen molar-refractivity contribution < 1.29 is 9.53 Å².